The molecule has 0 spiro atoms. The van der Waals surface area contributed by atoms with Crippen molar-refractivity contribution in [3.63, 3.8) is 0 Å². The highest BCUT2D eigenvalue weighted by atomic mass is 32.2. The molecular formula is C25H30N6O7S2. The maximum absolute atomic E-state index is 13.0. The van der Waals surface area contributed by atoms with E-state index in [1.807, 2.05) is 41.3 Å². The molecule has 3 aromatic rings. The number of aromatic nitrogens is 3. The zero-order chi connectivity index (χ0) is 28.9. The number of Topliss-reactive ketones (excluding diaryl/α,β-unsaturated/α-hetero) is 1. The van der Waals surface area contributed by atoms with Gasteiger partial charge in [-0.2, -0.15) is 13.5 Å². The van der Waals surface area contributed by atoms with E-state index in [9.17, 15) is 22.6 Å². The number of thiazole rings is 1. The van der Waals surface area contributed by atoms with Gasteiger partial charge in [0, 0.05) is 30.1 Å². The average molecular weight is 591 g/mol. The van der Waals surface area contributed by atoms with Crippen LogP contribution in [0.5, 0.6) is 5.75 Å². The molecule has 2 aromatic heterocycles. The third kappa shape index (κ3) is 6.84. The predicted octanol–water partition coefficient (Wildman–Crippen LogP) is 2.80. The molecule has 1 aliphatic rings. The molecule has 3 heterocycles. The summed E-state index contributed by atoms with van der Waals surface area (Å²) in [4.78, 5) is 34.6. The molecule has 0 aliphatic carbocycles. The number of oxime groups is 1. The number of carbonyl (C=O) groups is 2. The number of nitrogens with zero attached hydrogens (tertiary/aromatic N) is 5. The maximum atomic E-state index is 13.0. The fraction of sp³-hybridized carbons (Fsp3) is 0.400. The smallest absolute Gasteiger partial charge is 0.362 e. The molecule has 1 fully saturated rings. The second kappa shape index (κ2) is 12.6. The number of rotatable bonds is 14. The van der Waals surface area contributed by atoms with Gasteiger partial charge in [-0.05, 0) is 31.0 Å². The van der Waals surface area contributed by atoms with Crippen molar-refractivity contribution in [2.75, 3.05) is 18.9 Å². The number of β-lactam (4-membered cyclic amide) rings is 1. The summed E-state index contributed by atoms with van der Waals surface area (Å²) in [6.07, 6.45) is 5.68. The SMILES string of the molecule is CCCCn1cc(-c2ccc(OCCO/N=C(\C(=O)C[C@@H]3C(=O)N(S(=O)(=O)O)[C@@H]3C)c3csc(N)n3)cc2)cn1. The van der Waals surface area contributed by atoms with Gasteiger partial charge in [-0.1, -0.05) is 30.6 Å². The minimum atomic E-state index is -4.69. The highest BCUT2D eigenvalue weighted by Crippen LogP contribution is 2.32. The van der Waals surface area contributed by atoms with Crippen molar-refractivity contribution in [1.82, 2.24) is 19.1 Å². The summed E-state index contributed by atoms with van der Waals surface area (Å²) in [6.45, 7) is 4.59. The first-order chi connectivity index (χ1) is 19.1. The van der Waals surface area contributed by atoms with E-state index in [-0.39, 0.29) is 36.2 Å². The van der Waals surface area contributed by atoms with Gasteiger partial charge in [0.25, 0.3) is 0 Å². The van der Waals surface area contributed by atoms with E-state index < -0.39 is 34.0 Å². The lowest BCUT2D eigenvalue weighted by atomic mass is 9.86. The summed E-state index contributed by atoms with van der Waals surface area (Å²) >= 11 is 1.10. The lowest BCUT2D eigenvalue weighted by Gasteiger charge is -2.41. The van der Waals surface area contributed by atoms with Crippen LogP contribution >= 0.6 is 11.3 Å². The molecule has 3 N–H and O–H groups in total. The Hall–Kier alpha value is -3.82. The second-order valence-electron chi connectivity index (χ2n) is 9.15. The second-order valence-corrected chi connectivity index (χ2v) is 11.3. The number of nitrogen functional groups attached to an aromatic ring is 1. The van der Waals surface area contributed by atoms with Gasteiger partial charge >= 0.3 is 10.3 Å². The zero-order valence-corrected chi connectivity index (χ0v) is 23.6. The Morgan fingerprint density at radius 3 is 2.60 bits per heavy atom. The molecule has 0 radical (unpaired) electrons. The normalized spacial score (nSPS) is 17.5. The van der Waals surface area contributed by atoms with Crippen LogP contribution in [0.2, 0.25) is 0 Å². The van der Waals surface area contributed by atoms with Gasteiger partial charge in [0.2, 0.25) is 5.91 Å². The molecule has 0 bridgehead atoms. The Labute approximate surface area is 235 Å². The van der Waals surface area contributed by atoms with Crippen LogP contribution in [0.25, 0.3) is 11.1 Å². The fourth-order valence-electron chi connectivity index (χ4n) is 4.17. The largest absolute Gasteiger partial charge is 0.490 e. The zero-order valence-electron chi connectivity index (χ0n) is 22.0. The Morgan fingerprint density at radius 1 is 1.23 bits per heavy atom. The Balaban J connectivity index is 1.32. The molecular weight excluding hydrogens is 560 g/mol. The third-order valence-corrected chi connectivity index (χ3v) is 8.01. The van der Waals surface area contributed by atoms with Gasteiger partial charge < -0.3 is 15.3 Å². The van der Waals surface area contributed by atoms with Crippen LogP contribution in [0.3, 0.4) is 0 Å². The minimum Gasteiger partial charge on any atom is -0.490 e. The molecule has 214 valence electrons. The number of carbonyl (C=O) groups excluding carboxylic acids is 2. The van der Waals surface area contributed by atoms with E-state index in [1.165, 1.54) is 12.3 Å². The van der Waals surface area contributed by atoms with E-state index in [1.54, 1.807) is 0 Å². The summed E-state index contributed by atoms with van der Waals surface area (Å²) in [6, 6.07) is 6.66. The van der Waals surface area contributed by atoms with Gasteiger partial charge in [0.1, 0.15) is 18.1 Å². The van der Waals surface area contributed by atoms with Crippen LogP contribution in [-0.4, -0.2) is 68.7 Å². The van der Waals surface area contributed by atoms with Crippen LogP contribution in [-0.2, 0) is 31.3 Å². The number of hydrogen-bond acceptors (Lipinski definition) is 11. The van der Waals surface area contributed by atoms with E-state index in [0.29, 0.717) is 10.1 Å². The van der Waals surface area contributed by atoms with Gasteiger partial charge in [0.15, 0.2) is 23.2 Å². The van der Waals surface area contributed by atoms with Crippen molar-refractivity contribution in [1.29, 1.82) is 0 Å². The highest BCUT2D eigenvalue weighted by Gasteiger charge is 2.51. The number of ketones is 1. The van der Waals surface area contributed by atoms with E-state index in [4.69, 9.17) is 15.3 Å². The van der Waals surface area contributed by atoms with Gasteiger partial charge in [-0.3, -0.25) is 18.8 Å². The molecule has 4 rings (SSSR count). The van der Waals surface area contributed by atoms with E-state index in [0.717, 1.165) is 41.9 Å². The molecule has 13 nitrogen and oxygen atoms in total. The van der Waals surface area contributed by atoms with Crippen LogP contribution < -0.4 is 10.5 Å². The standard InChI is InChI=1S/C25H30N6O7S2/c1-3-4-9-30-14-18(13-27-30)17-5-7-19(8-6-17)37-10-11-38-29-23(21-15-39-25(26)28-21)22(32)12-20-16(2)31(24(20)33)40(34,35)36/h5-8,13-16,20H,3-4,9-12H2,1-2H3,(H2,26,28)(H,34,35,36)/b29-23-/t16-,20+/m1/s1. The topological polar surface area (TPSA) is 179 Å². The molecule has 0 saturated carbocycles. The number of amides is 1. The molecule has 1 aliphatic heterocycles. The Kier molecular flexibility index (Phi) is 9.17. The number of unbranched alkanes of at least 4 members (excludes halogenated alkanes) is 1. The molecule has 1 aromatic carbocycles. The summed E-state index contributed by atoms with van der Waals surface area (Å²) in [7, 11) is -4.69. The average Bonchev–Trinajstić information content (AvgIpc) is 3.56. The fourth-order valence-corrected chi connectivity index (χ4v) is 5.65. The quantitative estimate of drug-likeness (QED) is 0.0932. The predicted molar refractivity (Wildman–Crippen MR) is 148 cm³/mol. The first kappa shape index (κ1) is 29.2. The van der Waals surface area contributed by atoms with Crippen LogP contribution in [0.15, 0.2) is 47.2 Å². The van der Waals surface area contributed by atoms with Crippen molar-refractivity contribution in [3.05, 3.63) is 47.7 Å². The minimum absolute atomic E-state index is 0.0116. The first-order valence-corrected chi connectivity index (χ1v) is 14.9. The van der Waals surface area contributed by atoms with Crippen LogP contribution in [0.1, 0.15) is 38.8 Å². The first-order valence-electron chi connectivity index (χ1n) is 12.6. The monoisotopic (exact) mass is 590 g/mol. The molecule has 0 unspecified atom stereocenters. The lowest BCUT2D eigenvalue weighted by molar-refractivity contribution is -0.147. The van der Waals surface area contributed by atoms with Gasteiger partial charge in [-0.15, -0.1) is 11.3 Å². The van der Waals surface area contributed by atoms with Gasteiger partial charge in [0.05, 0.1) is 18.2 Å². The summed E-state index contributed by atoms with van der Waals surface area (Å²) < 4.78 is 39.8. The van der Waals surface area contributed by atoms with Crippen LogP contribution in [0.4, 0.5) is 5.13 Å². The molecule has 40 heavy (non-hydrogen) atoms. The molecule has 1 amide bonds. The van der Waals surface area contributed by atoms with E-state index >= 15 is 0 Å². The highest BCUT2D eigenvalue weighted by molar-refractivity contribution is 7.84. The number of ether oxygens (including phenoxy) is 1. The van der Waals surface area contributed by atoms with Crippen LogP contribution in [0, 0.1) is 5.92 Å². The lowest BCUT2D eigenvalue weighted by Crippen LogP contribution is -2.62. The van der Waals surface area contributed by atoms with Crippen molar-refractivity contribution >= 4 is 44.2 Å². The molecule has 15 heteroatoms. The number of nitrogens with two attached hydrogens (primary N) is 1. The van der Waals surface area contributed by atoms with Crippen molar-refractivity contribution in [2.45, 2.75) is 45.7 Å². The van der Waals surface area contributed by atoms with Crippen molar-refractivity contribution < 1.29 is 32.1 Å². The number of anilines is 1. The van der Waals surface area contributed by atoms with Crippen molar-refractivity contribution in [2.24, 2.45) is 11.1 Å². The number of benzene rings is 1. The summed E-state index contributed by atoms with van der Waals surface area (Å²) in [5.74, 6) is -1.77. The van der Waals surface area contributed by atoms with Crippen molar-refractivity contribution in [3.8, 4) is 16.9 Å². The maximum Gasteiger partial charge on any atom is 0.362 e. The number of aryl methyl sites for hydroxylation is 1. The Morgan fingerprint density at radius 2 is 1.98 bits per heavy atom. The number of hydrogen-bond donors (Lipinski definition) is 2. The third-order valence-electron chi connectivity index (χ3n) is 6.33. The van der Waals surface area contributed by atoms with Gasteiger partial charge in [-0.25, -0.2) is 9.29 Å². The van der Waals surface area contributed by atoms with E-state index in [2.05, 4.69) is 22.2 Å². The summed E-state index contributed by atoms with van der Waals surface area (Å²) in [5.41, 5.74) is 7.75. The Bertz CT molecular complexity index is 1480. The molecule has 1 saturated heterocycles. The summed E-state index contributed by atoms with van der Waals surface area (Å²) in [5, 5.41) is 10.0. The molecule has 2 atom stereocenters.